The lowest BCUT2D eigenvalue weighted by Gasteiger charge is -2.23. The van der Waals surface area contributed by atoms with Gasteiger partial charge in [-0.25, -0.2) is 9.97 Å². The van der Waals surface area contributed by atoms with Crippen molar-refractivity contribution in [3.05, 3.63) is 23.8 Å². The molecule has 0 aliphatic heterocycles. The summed E-state index contributed by atoms with van der Waals surface area (Å²) >= 11 is 0. The van der Waals surface area contributed by atoms with E-state index in [0.29, 0.717) is 17.9 Å². The number of nitrogens with one attached hydrogen (secondary N) is 1. The molecule has 0 saturated heterocycles. The lowest BCUT2D eigenvalue weighted by Crippen LogP contribution is -2.33. The predicted molar refractivity (Wildman–Crippen MR) is 76.9 cm³/mol. The molecule has 0 fully saturated rings. The SMILES string of the molecule is CCCNC(C)C(CC)c1cc(C(C)C)ncn1. The van der Waals surface area contributed by atoms with Crippen molar-refractivity contribution in [2.45, 2.75) is 65.3 Å². The average Bonchev–Trinajstić information content (AvgIpc) is 2.37. The molecule has 0 saturated carbocycles. The molecule has 0 aliphatic carbocycles. The van der Waals surface area contributed by atoms with Crippen molar-refractivity contribution in [2.24, 2.45) is 0 Å². The predicted octanol–water partition coefficient (Wildman–Crippen LogP) is 3.48. The Morgan fingerprint density at radius 1 is 1.11 bits per heavy atom. The molecule has 0 amide bonds. The zero-order chi connectivity index (χ0) is 13.5. The molecular weight excluding hydrogens is 222 g/mol. The summed E-state index contributed by atoms with van der Waals surface area (Å²) in [7, 11) is 0. The van der Waals surface area contributed by atoms with Crippen molar-refractivity contribution in [2.75, 3.05) is 6.54 Å². The fourth-order valence-electron chi connectivity index (χ4n) is 2.24. The average molecular weight is 249 g/mol. The van der Waals surface area contributed by atoms with Gasteiger partial charge in [-0.1, -0.05) is 27.7 Å². The normalized spacial score (nSPS) is 14.8. The van der Waals surface area contributed by atoms with Crippen LogP contribution in [0.4, 0.5) is 0 Å². The van der Waals surface area contributed by atoms with Crippen molar-refractivity contribution in [1.82, 2.24) is 15.3 Å². The molecule has 1 N–H and O–H groups in total. The molecular formula is C15H27N3. The number of rotatable bonds is 7. The number of nitrogens with zero attached hydrogens (tertiary/aromatic N) is 2. The molecule has 102 valence electrons. The van der Waals surface area contributed by atoms with Crippen LogP contribution in [0.1, 0.15) is 70.7 Å². The largest absolute Gasteiger partial charge is 0.314 e. The molecule has 1 aromatic rings. The minimum atomic E-state index is 0.461. The van der Waals surface area contributed by atoms with Crippen LogP contribution in [0.15, 0.2) is 12.4 Å². The van der Waals surface area contributed by atoms with Crippen LogP contribution in [0.2, 0.25) is 0 Å². The second kappa shape index (κ2) is 7.47. The highest BCUT2D eigenvalue weighted by atomic mass is 14.9. The van der Waals surface area contributed by atoms with Crippen molar-refractivity contribution >= 4 is 0 Å². The number of aromatic nitrogens is 2. The lowest BCUT2D eigenvalue weighted by atomic mass is 9.93. The lowest BCUT2D eigenvalue weighted by molar-refractivity contribution is 0.442. The van der Waals surface area contributed by atoms with E-state index in [4.69, 9.17) is 0 Å². The fourth-order valence-corrected chi connectivity index (χ4v) is 2.24. The van der Waals surface area contributed by atoms with Crippen LogP contribution >= 0.6 is 0 Å². The van der Waals surface area contributed by atoms with E-state index in [0.717, 1.165) is 18.7 Å². The molecule has 0 spiro atoms. The molecule has 2 atom stereocenters. The summed E-state index contributed by atoms with van der Waals surface area (Å²) in [6, 6.07) is 2.63. The van der Waals surface area contributed by atoms with Gasteiger partial charge in [0.2, 0.25) is 0 Å². The van der Waals surface area contributed by atoms with Gasteiger partial charge in [0.05, 0.1) is 0 Å². The smallest absolute Gasteiger partial charge is 0.115 e. The van der Waals surface area contributed by atoms with Gasteiger partial charge in [-0.3, -0.25) is 0 Å². The highest BCUT2D eigenvalue weighted by Crippen LogP contribution is 2.23. The summed E-state index contributed by atoms with van der Waals surface area (Å²) < 4.78 is 0. The van der Waals surface area contributed by atoms with Gasteiger partial charge in [0.15, 0.2) is 0 Å². The molecule has 2 unspecified atom stereocenters. The summed E-state index contributed by atoms with van der Waals surface area (Å²) in [5, 5.41) is 3.57. The zero-order valence-corrected chi connectivity index (χ0v) is 12.4. The van der Waals surface area contributed by atoms with Gasteiger partial charge in [0.1, 0.15) is 6.33 Å². The van der Waals surface area contributed by atoms with Crippen LogP contribution in [0.5, 0.6) is 0 Å². The third-order valence-electron chi connectivity index (χ3n) is 3.44. The van der Waals surface area contributed by atoms with Crippen molar-refractivity contribution in [3.63, 3.8) is 0 Å². The van der Waals surface area contributed by atoms with Gasteiger partial charge in [-0.15, -0.1) is 0 Å². The monoisotopic (exact) mass is 249 g/mol. The number of hydrogen-bond acceptors (Lipinski definition) is 3. The Hall–Kier alpha value is -0.960. The van der Waals surface area contributed by atoms with Gasteiger partial charge >= 0.3 is 0 Å². The summed E-state index contributed by atoms with van der Waals surface area (Å²) in [6.45, 7) is 12.1. The van der Waals surface area contributed by atoms with Gasteiger partial charge < -0.3 is 5.32 Å². The molecule has 1 aromatic heterocycles. The number of hydrogen-bond donors (Lipinski definition) is 1. The molecule has 3 nitrogen and oxygen atoms in total. The summed E-state index contributed by atoms with van der Waals surface area (Å²) in [5.74, 6) is 0.931. The summed E-state index contributed by atoms with van der Waals surface area (Å²) in [6.07, 6.45) is 3.98. The topological polar surface area (TPSA) is 37.8 Å². The minimum Gasteiger partial charge on any atom is -0.314 e. The van der Waals surface area contributed by atoms with Crippen molar-refractivity contribution < 1.29 is 0 Å². The maximum Gasteiger partial charge on any atom is 0.115 e. The molecule has 3 heteroatoms. The van der Waals surface area contributed by atoms with E-state index in [1.807, 2.05) is 0 Å². The van der Waals surface area contributed by atoms with Gasteiger partial charge in [0.25, 0.3) is 0 Å². The maximum absolute atomic E-state index is 4.47. The fraction of sp³-hybridized carbons (Fsp3) is 0.733. The summed E-state index contributed by atoms with van der Waals surface area (Å²) in [5.41, 5.74) is 2.31. The Morgan fingerprint density at radius 2 is 1.78 bits per heavy atom. The highest BCUT2D eigenvalue weighted by molar-refractivity contribution is 5.16. The zero-order valence-electron chi connectivity index (χ0n) is 12.4. The second-order valence-corrected chi connectivity index (χ2v) is 5.28. The molecule has 18 heavy (non-hydrogen) atoms. The Kier molecular flexibility index (Phi) is 6.27. The molecule has 0 aromatic carbocycles. The molecule has 1 heterocycles. The molecule has 0 aliphatic rings. The van der Waals surface area contributed by atoms with Crippen molar-refractivity contribution in [3.8, 4) is 0 Å². The molecule has 0 bridgehead atoms. The van der Waals surface area contributed by atoms with Crippen LogP contribution in [-0.2, 0) is 0 Å². The van der Waals surface area contributed by atoms with Gasteiger partial charge in [-0.2, -0.15) is 0 Å². The van der Waals surface area contributed by atoms with E-state index >= 15 is 0 Å². The van der Waals surface area contributed by atoms with Crippen LogP contribution < -0.4 is 5.32 Å². The third-order valence-corrected chi connectivity index (χ3v) is 3.44. The Bertz CT molecular complexity index is 349. The highest BCUT2D eigenvalue weighted by Gasteiger charge is 2.19. The van der Waals surface area contributed by atoms with E-state index in [1.165, 1.54) is 12.1 Å². The van der Waals surface area contributed by atoms with Crippen molar-refractivity contribution in [1.29, 1.82) is 0 Å². The molecule has 0 radical (unpaired) electrons. The first-order valence-corrected chi connectivity index (χ1v) is 7.15. The van der Waals surface area contributed by atoms with E-state index in [9.17, 15) is 0 Å². The van der Waals surface area contributed by atoms with E-state index < -0.39 is 0 Å². The first-order chi connectivity index (χ1) is 8.60. The minimum absolute atomic E-state index is 0.461. The quantitative estimate of drug-likeness (QED) is 0.804. The van der Waals surface area contributed by atoms with E-state index in [-0.39, 0.29) is 0 Å². The first-order valence-electron chi connectivity index (χ1n) is 7.15. The summed E-state index contributed by atoms with van der Waals surface area (Å²) in [4.78, 5) is 8.82. The van der Waals surface area contributed by atoms with Crippen LogP contribution in [0.3, 0.4) is 0 Å². The third kappa shape index (κ3) is 4.05. The first kappa shape index (κ1) is 15.1. The second-order valence-electron chi connectivity index (χ2n) is 5.28. The van der Waals surface area contributed by atoms with E-state index in [1.54, 1.807) is 6.33 Å². The Morgan fingerprint density at radius 3 is 2.33 bits per heavy atom. The van der Waals surface area contributed by atoms with Gasteiger partial charge in [0, 0.05) is 23.3 Å². The van der Waals surface area contributed by atoms with Gasteiger partial charge in [-0.05, 0) is 38.3 Å². The maximum atomic E-state index is 4.47. The Labute approximate surface area is 111 Å². The van der Waals surface area contributed by atoms with Crippen LogP contribution in [-0.4, -0.2) is 22.6 Å². The molecule has 1 rings (SSSR count). The van der Waals surface area contributed by atoms with E-state index in [2.05, 4.69) is 56.0 Å². The van der Waals surface area contributed by atoms with Crippen LogP contribution in [0.25, 0.3) is 0 Å². The standard InChI is InChI=1S/C15H27N3/c1-6-8-16-12(5)13(7-2)15-9-14(11(3)4)17-10-18-15/h9-13,16H,6-8H2,1-5H3. The van der Waals surface area contributed by atoms with Crippen LogP contribution in [0, 0.1) is 0 Å². The Balaban J connectivity index is 2.84.